The summed E-state index contributed by atoms with van der Waals surface area (Å²) in [5.41, 5.74) is 6.25. The maximum absolute atomic E-state index is 13.4. The number of nitrogen functional groups attached to an aromatic ring is 1. The summed E-state index contributed by atoms with van der Waals surface area (Å²) in [5, 5.41) is 2.42. The van der Waals surface area contributed by atoms with E-state index in [0.29, 0.717) is 17.2 Å². The maximum atomic E-state index is 13.4. The number of amides is 1. The van der Waals surface area contributed by atoms with E-state index in [-0.39, 0.29) is 12.3 Å². The number of rotatable bonds is 5. The molecule has 0 aliphatic rings. The van der Waals surface area contributed by atoms with Crippen molar-refractivity contribution >= 4 is 17.3 Å². The first-order valence-electron chi connectivity index (χ1n) is 6.21. The standard InChI is InChI=1S/C15H15FN2O3/c1-20-14-8-10(17)6-7-13(14)21-9-15(19)18-12-5-3-2-4-11(12)16/h2-8H,9,17H2,1H3,(H,18,19). The largest absolute Gasteiger partial charge is 0.493 e. The van der Waals surface area contributed by atoms with Crippen LogP contribution >= 0.6 is 0 Å². The van der Waals surface area contributed by atoms with E-state index in [1.54, 1.807) is 30.3 Å². The minimum absolute atomic E-state index is 0.107. The number of hydrogen-bond donors (Lipinski definition) is 2. The van der Waals surface area contributed by atoms with E-state index in [1.807, 2.05) is 0 Å². The molecule has 0 radical (unpaired) electrons. The fourth-order valence-electron chi connectivity index (χ4n) is 1.70. The van der Waals surface area contributed by atoms with Crippen LogP contribution in [-0.4, -0.2) is 19.6 Å². The van der Waals surface area contributed by atoms with E-state index in [4.69, 9.17) is 15.2 Å². The number of anilines is 2. The van der Waals surface area contributed by atoms with E-state index in [0.717, 1.165) is 0 Å². The molecule has 0 saturated heterocycles. The number of benzene rings is 2. The second-order valence-electron chi connectivity index (χ2n) is 4.23. The SMILES string of the molecule is COc1cc(N)ccc1OCC(=O)Nc1ccccc1F. The number of halogens is 1. The van der Waals surface area contributed by atoms with Crippen LogP contribution in [0.25, 0.3) is 0 Å². The lowest BCUT2D eigenvalue weighted by Crippen LogP contribution is -2.20. The molecule has 0 aliphatic carbocycles. The van der Waals surface area contributed by atoms with Crippen LogP contribution in [0.15, 0.2) is 42.5 Å². The Hall–Kier alpha value is -2.76. The summed E-state index contributed by atoms with van der Waals surface area (Å²) in [4.78, 5) is 11.7. The number of para-hydroxylation sites is 1. The highest BCUT2D eigenvalue weighted by molar-refractivity contribution is 5.92. The number of carbonyl (C=O) groups is 1. The van der Waals surface area contributed by atoms with Gasteiger partial charge in [0.2, 0.25) is 0 Å². The summed E-state index contributed by atoms with van der Waals surface area (Å²) in [6, 6.07) is 10.7. The lowest BCUT2D eigenvalue weighted by Gasteiger charge is -2.11. The van der Waals surface area contributed by atoms with E-state index in [1.165, 1.54) is 19.2 Å². The third-order valence-electron chi connectivity index (χ3n) is 2.69. The van der Waals surface area contributed by atoms with Gasteiger partial charge in [-0.15, -0.1) is 0 Å². The first-order chi connectivity index (χ1) is 10.1. The molecule has 1 amide bonds. The lowest BCUT2D eigenvalue weighted by atomic mass is 10.3. The van der Waals surface area contributed by atoms with Gasteiger partial charge >= 0.3 is 0 Å². The quantitative estimate of drug-likeness (QED) is 0.829. The zero-order chi connectivity index (χ0) is 15.2. The Morgan fingerprint density at radius 2 is 2.00 bits per heavy atom. The molecule has 2 rings (SSSR count). The molecule has 0 spiro atoms. The Morgan fingerprint density at radius 3 is 2.71 bits per heavy atom. The van der Waals surface area contributed by atoms with E-state index in [2.05, 4.69) is 5.32 Å². The van der Waals surface area contributed by atoms with Crippen molar-refractivity contribution in [1.29, 1.82) is 0 Å². The summed E-state index contributed by atoms with van der Waals surface area (Å²) in [5.74, 6) is -0.168. The van der Waals surface area contributed by atoms with Crippen LogP contribution in [0.2, 0.25) is 0 Å². The zero-order valence-electron chi connectivity index (χ0n) is 11.4. The molecule has 3 N–H and O–H groups in total. The lowest BCUT2D eigenvalue weighted by molar-refractivity contribution is -0.118. The summed E-state index contributed by atoms with van der Waals surface area (Å²) in [6.45, 7) is -0.269. The van der Waals surface area contributed by atoms with Gasteiger partial charge in [-0.2, -0.15) is 0 Å². The molecule has 2 aromatic rings. The van der Waals surface area contributed by atoms with Crippen molar-refractivity contribution in [2.45, 2.75) is 0 Å². The molecular weight excluding hydrogens is 275 g/mol. The normalized spacial score (nSPS) is 10.0. The van der Waals surface area contributed by atoms with Crippen molar-refractivity contribution < 1.29 is 18.7 Å². The second-order valence-corrected chi connectivity index (χ2v) is 4.23. The average molecular weight is 290 g/mol. The molecular formula is C15H15FN2O3. The van der Waals surface area contributed by atoms with Crippen LogP contribution in [0, 0.1) is 5.82 Å². The Labute approximate surface area is 121 Å². The minimum atomic E-state index is -0.504. The van der Waals surface area contributed by atoms with E-state index < -0.39 is 11.7 Å². The Balaban J connectivity index is 1.97. The van der Waals surface area contributed by atoms with Crippen molar-refractivity contribution in [2.24, 2.45) is 0 Å². The summed E-state index contributed by atoms with van der Waals surface area (Å²) >= 11 is 0. The first-order valence-corrected chi connectivity index (χ1v) is 6.21. The number of nitrogens with one attached hydrogen (secondary N) is 1. The molecule has 110 valence electrons. The van der Waals surface area contributed by atoms with Crippen LogP contribution in [0.4, 0.5) is 15.8 Å². The highest BCUT2D eigenvalue weighted by Gasteiger charge is 2.09. The first kappa shape index (κ1) is 14.6. The molecule has 6 heteroatoms. The molecule has 0 aromatic heterocycles. The Kier molecular flexibility index (Phi) is 4.61. The smallest absolute Gasteiger partial charge is 0.262 e. The van der Waals surface area contributed by atoms with Crippen LogP contribution in [0.1, 0.15) is 0 Å². The van der Waals surface area contributed by atoms with Crippen molar-refractivity contribution in [3.63, 3.8) is 0 Å². The van der Waals surface area contributed by atoms with Crippen molar-refractivity contribution in [1.82, 2.24) is 0 Å². The molecule has 2 aromatic carbocycles. The molecule has 0 fully saturated rings. The number of nitrogens with two attached hydrogens (primary N) is 1. The van der Waals surface area contributed by atoms with Crippen LogP contribution in [0.5, 0.6) is 11.5 Å². The molecule has 0 saturated carbocycles. The van der Waals surface area contributed by atoms with Gasteiger partial charge in [0.1, 0.15) is 5.82 Å². The van der Waals surface area contributed by atoms with Gasteiger partial charge in [0.05, 0.1) is 12.8 Å². The topological polar surface area (TPSA) is 73.6 Å². The third kappa shape index (κ3) is 3.85. The van der Waals surface area contributed by atoms with Gasteiger partial charge < -0.3 is 20.5 Å². The van der Waals surface area contributed by atoms with Crippen molar-refractivity contribution in [3.05, 3.63) is 48.3 Å². The highest BCUT2D eigenvalue weighted by atomic mass is 19.1. The van der Waals surface area contributed by atoms with Crippen molar-refractivity contribution in [3.8, 4) is 11.5 Å². The molecule has 0 aliphatic heterocycles. The van der Waals surface area contributed by atoms with Gasteiger partial charge in [0.15, 0.2) is 18.1 Å². The summed E-state index contributed by atoms with van der Waals surface area (Å²) < 4.78 is 23.8. The van der Waals surface area contributed by atoms with Gasteiger partial charge in [-0.05, 0) is 24.3 Å². The fraction of sp³-hybridized carbons (Fsp3) is 0.133. The third-order valence-corrected chi connectivity index (χ3v) is 2.69. The predicted molar refractivity (Wildman–Crippen MR) is 77.9 cm³/mol. The van der Waals surface area contributed by atoms with Gasteiger partial charge in [0.25, 0.3) is 5.91 Å². The zero-order valence-corrected chi connectivity index (χ0v) is 11.4. The monoisotopic (exact) mass is 290 g/mol. The van der Waals surface area contributed by atoms with Crippen LogP contribution in [0.3, 0.4) is 0 Å². The number of hydrogen-bond acceptors (Lipinski definition) is 4. The van der Waals surface area contributed by atoms with Crippen LogP contribution < -0.4 is 20.5 Å². The highest BCUT2D eigenvalue weighted by Crippen LogP contribution is 2.28. The molecule has 21 heavy (non-hydrogen) atoms. The van der Waals surface area contributed by atoms with Gasteiger partial charge in [0, 0.05) is 11.8 Å². The van der Waals surface area contributed by atoms with E-state index >= 15 is 0 Å². The minimum Gasteiger partial charge on any atom is -0.493 e. The molecule has 0 atom stereocenters. The Morgan fingerprint density at radius 1 is 1.24 bits per heavy atom. The molecule has 5 nitrogen and oxygen atoms in total. The maximum Gasteiger partial charge on any atom is 0.262 e. The van der Waals surface area contributed by atoms with Gasteiger partial charge in [-0.1, -0.05) is 12.1 Å². The number of methoxy groups -OCH3 is 1. The Bertz CT molecular complexity index is 647. The predicted octanol–water partition coefficient (Wildman–Crippen LogP) is 2.43. The molecule has 0 heterocycles. The van der Waals surface area contributed by atoms with Gasteiger partial charge in [-0.25, -0.2) is 4.39 Å². The van der Waals surface area contributed by atoms with E-state index in [9.17, 15) is 9.18 Å². The van der Waals surface area contributed by atoms with Gasteiger partial charge in [-0.3, -0.25) is 4.79 Å². The summed E-state index contributed by atoms with van der Waals surface area (Å²) in [6.07, 6.45) is 0. The summed E-state index contributed by atoms with van der Waals surface area (Å²) in [7, 11) is 1.47. The fourth-order valence-corrected chi connectivity index (χ4v) is 1.70. The number of ether oxygens (including phenoxy) is 2. The molecule has 0 unspecified atom stereocenters. The van der Waals surface area contributed by atoms with Crippen LogP contribution in [-0.2, 0) is 4.79 Å². The average Bonchev–Trinajstić information content (AvgIpc) is 2.48. The number of carbonyl (C=O) groups excluding carboxylic acids is 1. The van der Waals surface area contributed by atoms with Crippen molar-refractivity contribution in [2.75, 3.05) is 24.8 Å². The molecule has 0 bridgehead atoms. The second kappa shape index (κ2) is 6.60.